The van der Waals surface area contributed by atoms with Crippen molar-refractivity contribution < 1.29 is 9.47 Å². The van der Waals surface area contributed by atoms with E-state index in [0.29, 0.717) is 19.6 Å². The summed E-state index contributed by atoms with van der Waals surface area (Å²) in [6.45, 7) is 21.1. The minimum absolute atomic E-state index is 0.645. The van der Waals surface area contributed by atoms with Crippen LogP contribution in [0.25, 0.3) is 0 Å². The quantitative estimate of drug-likeness (QED) is 0.198. The Balaban J connectivity index is 1.84. The van der Waals surface area contributed by atoms with Crippen molar-refractivity contribution in [2.24, 2.45) is 5.73 Å². The third-order valence-corrected chi connectivity index (χ3v) is 7.48. The molecular formula is C28H55N5O2. The number of rotatable bonds is 20. The maximum Gasteiger partial charge on any atom is 0.193 e. The highest BCUT2D eigenvalue weighted by atomic mass is 16.7. The number of unbranched alkanes of at least 4 members (excludes halogenated alkanes) is 2. The Morgan fingerprint density at radius 2 is 1.54 bits per heavy atom. The summed E-state index contributed by atoms with van der Waals surface area (Å²) in [5.41, 5.74) is 8.23. The summed E-state index contributed by atoms with van der Waals surface area (Å²) < 4.78 is 12.9. The Morgan fingerprint density at radius 3 is 2.23 bits per heavy atom. The molecule has 0 spiro atoms. The van der Waals surface area contributed by atoms with Crippen LogP contribution in [0.5, 0.6) is 0 Å². The predicted molar refractivity (Wildman–Crippen MR) is 147 cm³/mol. The minimum Gasteiger partial charge on any atom is -0.397 e. The third kappa shape index (κ3) is 11.2. The van der Waals surface area contributed by atoms with Crippen molar-refractivity contribution in [3.8, 4) is 0 Å². The number of likely N-dealkylation sites (N-methyl/N-ethyl adjacent to an activating group) is 1. The Kier molecular flexibility index (Phi) is 14.9. The Morgan fingerprint density at radius 1 is 0.886 bits per heavy atom. The van der Waals surface area contributed by atoms with E-state index in [1.165, 1.54) is 45.3 Å². The van der Waals surface area contributed by atoms with Gasteiger partial charge in [-0.3, -0.25) is 0 Å². The van der Waals surface area contributed by atoms with Crippen LogP contribution in [0.2, 0.25) is 0 Å². The summed E-state index contributed by atoms with van der Waals surface area (Å²) in [4.78, 5) is 7.41. The van der Waals surface area contributed by atoms with Crippen LogP contribution in [0.3, 0.4) is 0 Å². The van der Waals surface area contributed by atoms with Crippen LogP contribution < -0.4 is 11.1 Å². The Bertz CT molecular complexity index is 612. The second-order valence-corrected chi connectivity index (χ2v) is 9.90. The molecule has 2 aliphatic rings. The summed E-state index contributed by atoms with van der Waals surface area (Å²) in [5.74, 6) is -0.739. The van der Waals surface area contributed by atoms with Gasteiger partial charge in [0.05, 0.1) is 18.9 Å². The molecule has 0 aromatic heterocycles. The molecule has 1 atom stereocenters. The second kappa shape index (κ2) is 17.4. The lowest BCUT2D eigenvalue weighted by atomic mass is 10.0. The SMILES string of the molecule is CCN(CC)CCCOC1(OCCN(CC)CC)C=CC(N)=C(NCCCCCN2CCCC2)C1. The van der Waals surface area contributed by atoms with Crippen molar-refractivity contribution in [1.29, 1.82) is 0 Å². The van der Waals surface area contributed by atoms with Crippen molar-refractivity contribution in [3.05, 3.63) is 23.5 Å². The summed E-state index contributed by atoms with van der Waals surface area (Å²) >= 11 is 0. The van der Waals surface area contributed by atoms with Crippen LogP contribution in [0.1, 0.15) is 72.6 Å². The number of nitrogens with one attached hydrogen (secondary N) is 1. The molecule has 0 amide bonds. The fourth-order valence-corrected chi connectivity index (χ4v) is 4.97. The Labute approximate surface area is 216 Å². The number of hydrogen-bond acceptors (Lipinski definition) is 7. The predicted octanol–water partition coefficient (Wildman–Crippen LogP) is 3.78. The van der Waals surface area contributed by atoms with Crippen LogP contribution in [-0.4, -0.2) is 99.1 Å². The molecule has 1 saturated heterocycles. The first-order chi connectivity index (χ1) is 17.1. The van der Waals surface area contributed by atoms with Crippen LogP contribution >= 0.6 is 0 Å². The van der Waals surface area contributed by atoms with Gasteiger partial charge in [-0.2, -0.15) is 0 Å². The lowest BCUT2D eigenvalue weighted by Gasteiger charge is -2.36. The number of hydrogen-bond donors (Lipinski definition) is 2. The molecule has 1 unspecified atom stereocenters. The van der Waals surface area contributed by atoms with E-state index in [1.54, 1.807) is 0 Å². The largest absolute Gasteiger partial charge is 0.397 e. The maximum atomic E-state index is 6.45. The Hall–Kier alpha value is -1.12. The molecule has 7 nitrogen and oxygen atoms in total. The zero-order valence-electron chi connectivity index (χ0n) is 23.3. The van der Waals surface area contributed by atoms with Gasteiger partial charge in [0.1, 0.15) is 0 Å². The highest BCUT2D eigenvalue weighted by molar-refractivity contribution is 5.30. The molecule has 1 aliphatic carbocycles. The first kappa shape index (κ1) is 30.1. The molecule has 1 aliphatic heterocycles. The number of likely N-dealkylation sites (tertiary alicyclic amines) is 1. The van der Waals surface area contributed by atoms with Crippen LogP contribution in [-0.2, 0) is 9.47 Å². The van der Waals surface area contributed by atoms with E-state index in [1.807, 2.05) is 12.2 Å². The molecule has 3 N–H and O–H groups in total. The molecule has 0 radical (unpaired) electrons. The molecule has 1 heterocycles. The van der Waals surface area contributed by atoms with Crippen molar-refractivity contribution in [1.82, 2.24) is 20.0 Å². The van der Waals surface area contributed by atoms with E-state index < -0.39 is 5.79 Å². The molecule has 0 aromatic carbocycles. The number of allylic oxidation sites excluding steroid dienone is 1. The van der Waals surface area contributed by atoms with E-state index in [0.717, 1.165) is 70.0 Å². The zero-order chi connectivity index (χ0) is 25.4. The van der Waals surface area contributed by atoms with Gasteiger partial charge in [-0.05, 0) is 90.1 Å². The average molecular weight is 494 g/mol. The van der Waals surface area contributed by atoms with Gasteiger partial charge in [-0.25, -0.2) is 0 Å². The van der Waals surface area contributed by atoms with Gasteiger partial charge >= 0.3 is 0 Å². The van der Waals surface area contributed by atoms with Crippen LogP contribution in [0.15, 0.2) is 23.5 Å². The van der Waals surface area contributed by atoms with Gasteiger partial charge in [-0.15, -0.1) is 0 Å². The molecule has 2 rings (SSSR count). The standard InChI is InChI=1S/C28H55N5O2/c1-5-31(6-2)21-14-23-34-28(35-24-22-32(7-3)8-4)16-15-26(29)27(25-28)30-17-10-9-11-18-33-19-12-13-20-33/h15-16,30H,5-14,17-25,29H2,1-4H3. The summed E-state index contributed by atoms with van der Waals surface area (Å²) in [6, 6.07) is 0. The van der Waals surface area contributed by atoms with Crippen LogP contribution in [0, 0.1) is 0 Å². The van der Waals surface area contributed by atoms with Crippen LogP contribution in [0.4, 0.5) is 0 Å². The lowest BCUT2D eigenvalue weighted by Crippen LogP contribution is -2.42. The molecule has 35 heavy (non-hydrogen) atoms. The lowest BCUT2D eigenvalue weighted by molar-refractivity contribution is -0.207. The number of nitrogens with two attached hydrogens (primary N) is 1. The molecule has 204 valence electrons. The van der Waals surface area contributed by atoms with Gasteiger partial charge < -0.3 is 35.2 Å². The van der Waals surface area contributed by atoms with E-state index in [9.17, 15) is 0 Å². The van der Waals surface area contributed by atoms with Gasteiger partial charge in [0.2, 0.25) is 0 Å². The summed E-state index contributed by atoms with van der Waals surface area (Å²) in [7, 11) is 0. The van der Waals surface area contributed by atoms with Crippen molar-refractivity contribution in [2.45, 2.75) is 78.4 Å². The monoisotopic (exact) mass is 493 g/mol. The second-order valence-electron chi connectivity index (χ2n) is 9.90. The van der Waals surface area contributed by atoms with Gasteiger partial charge in [0, 0.05) is 31.8 Å². The van der Waals surface area contributed by atoms with Crippen molar-refractivity contribution in [3.63, 3.8) is 0 Å². The highest BCUT2D eigenvalue weighted by Gasteiger charge is 2.34. The molecule has 7 heteroatoms. The molecular weight excluding hydrogens is 438 g/mol. The first-order valence-corrected chi connectivity index (χ1v) is 14.4. The zero-order valence-corrected chi connectivity index (χ0v) is 23.3. The molecule has 0 bridgehead atoms. The van der Waals surface area contributed by atoms with Crippen molar-refractivity contribution >= 4 is 0 Å². The molecule has 0 saturated carbocycles. The summed E-state index contributed by atoms with van der Waals surface area (Å²) in [5, 5.41) is 3.61. The van der Waals surface area contributed by atoms with Gasteiger partial charge in [0.25, 0.3) is 0 Å². The van der Waals surface area contributed by atoms with Gasteiger partial charge in [0.15, 0.2) is 5.79 Å². The topological polar surface area (TPSA) is 66.2 Å². The number of ether oxygens (including phenoxy) is 2. The molecule has 0 aromatic rings. The first-order valence-electron chi connectivity index (χ1n) is 14.4. The summed E-state index contributed by atoms with van der Waals surface area (Å²) in [6.07, 6.45) is 12.1. The van der Waals surface area contributed by atoms with E-state index in [2.05, 4.69) is 47.7 Å². The fourth-order valence-electron chi connectivity index (χ4n) is 4.97. The molecule has 1 fully saturated rings. The maximum absolute atomic E-state index is 6.45. The third-order valence-electron chi connectivity index (χ3n) is 7.48. The normalized spacial score (nSPS) is 21.1. The average Bonchev–Trinajstić information content (AvgIpc) is 3.40. The smallest absolute Gasteiger partial charge is 0.193 e. The fraction of sp³-hybridized carbons (Fsp3) is 0.857. The van der Waals surface area contributed by atoms with E-state index in [4.69, 9.17) is 15.2 Å². The van der Waals surface area contributed by atoms with E-state index in [-0.39, 0.29) is 0 Å². The van der Waals surface area contributed by atoms with E-state index >= 15 is 0 Å². The number of nitrogens with zero attached hydrogens (tertiary/aromatic N) is 3. The van der Waals surface area contributed by atoms with Crippen molar-refractivity contribution in [2.75, 3.05) is 78.7 Å². The minimum atomic E-state index is -0.739. The highest BCUT2D eigenvalue weighted by Crippen LogP contribution is 2.29. The van der Waals surface area contributed by atoms with Gasteiger partial charge in [-0.1, -0.05) is 34.1 Å².